The number of rotatable bonds is 5. The van der Waals surface area contributed by atoms with Crippen molar-refractivity contribution in [3.8, 4) is 0 Å². The zero-order chi connectivity index (χ0) is 15.2. The van der Waals surface area contributed by atoms with Crippen molar-refractivity contribution in [2.45, 2.75) is 19.6 Å². The summed E-state index contributed by atoms with van der Waals surface area (Å²) in [5.74, 6) is 0.684. The number of carbonyl (C=O) groups is 1. The van der Waals surface area contributed by atoms with E-state index < -0.39 is 0 Å². The molecule has 0 spiro atoms. The third kappa shape index (κ3) is 4.90. The van der Waals surface area contributed by atoms with Gasteiger partial charge in [-0.3, -0.25) is 4.79 Å². The van der Waals surface area contributed by atoms with Crippen LogP contribution in [0.1, 0.15) is 16.7 Å². The van der Waals surface area contributed by atoms with Crippen molar-refractivity contribution in [1.29, 1.82) is 0 Å². The molecule has 0 saturated carbocycles. The summed E-state index contributed by atoms with van der Waals surface area (Å²) in [5, 5.41) is 2.75. The van der Waals surface area contributed by atoms with E-state index in [1.807, 2.05) is 13.8 Å². The maximum Gasteiger partial charge on any atom is 0.234 e. The van der Waals surface area contributed by atoms with E-state index in [0.717, 1.165) is 11.3 Å². The molecule has 0 aliphatic heterocycles. The van der Waals surface area contributed by atoms with Gasteiger partial charge in [-0.2, -0.15) is 0 Å². The van der Waals surface area contributed by atoms with Crippen LogP contribution in [0.25, 0.3) is 0 Å². The van der Waals surface area contributed by atoms with Gasteiger partial charge in [-0.15, -0.1) is 11.8 Å². The topological polar surface area (TPSA) is 29.1 Å². The van der Waals surface area contributed by atoms with Gasteiger partial charge in [-0.25, -0.2) is 4.39 Å². The largest absolute Gasteiger partial charge is 0.325 e. The van der Waals surface area contributed by atoms with E-state index in [9.17, 15) is 9.18 Å². The third-order valence-corrected chi connectivity index (χ3v) is 4.10. The summed E-state index contributed by atoms with van der Waals surface area (Å²) in [4.78, 5) is 11.9. The second-order valence-electron chi connectivity index (χ2n) is 4.99. The number of aryl methyl sites for hydroxylation is 2. The molecule has 21 heavy (non-hydrogen) atoms. The first kappa shape index (κ1) is 15.6. The predicted molar refractivity (Wildman–Crippen MR) is 87.1 cm³/mol. The number of anilines is 1. The van der Waals surface area contributed by atoms with Gasteiger partial charge in [-0.05, 0) is 37.1 Å². The first-order valence-corrected chi connectivity index (χ1v) is 7.89. The normalized spacial score (nSPS) is 10.4. The Morgan fingerprint density at radius 3 is 2.57 bits per heavy atom. The molecule has 0 aliphatic carbocycles. The molecule has 4 heteroatoms. The van der Waals surface area contributed by atoms with E-state index in [0.29, 0.717) is 11.4 Å². The van der Waals surface area contributed by atoms with E-state index >= 15 is 0 Å². The summed E-state index contributed by atoms with van der Waals surface area (Å²) in [6.45, 7) is 3.89. The summed E-state index contributed by atoms with van der Waals surface area (Å²) in [6, 6.07) is 12.6. The molecule has 0 saturated heterocycles. The van der Waals surface area contributed by atoms with Gasteiger partial charge in [0.1, 0.15) is 5.82 Å². The van der Waals surface area contributed by atoms with E-state index in [1.165, 1.54) is 23.3 Å². The zero-order valence-corrected chi connectivity index (χ0v) is 13.0. The fourth-order valence-corrected chi connectivity index (χ4v) is 2.65. The number of thioether (sulfide) groups is 1. The molecule has 2 aromatic rings. The van der Waals surface area contributed by atoms with Crippen molar-refractivity contribution in [1.82, 2.24) is 0 Å². The van der Waals surface area contributed by atoms with Crippen LogP contribution in [-0.4, -0.2) is 11.7 Å². The first-order valence-electron chi connectivity index (χ1n) is 6.74. The van der Waals surface area contributed by atoms with Crippen LogP contribution in [0.4, 0.5) is 10.1 Å². The number of amides is 1. The van der Waals surface area contributed by atoms with Crippen LogP contribution in [0.5, 0.6) is 0 Å². The minimum absolute atomic E-state index is 0.110. The molecule has 0 radical (unpaired) electrons. The molecule has 0 bridgehead atoms. The lowest BCUT2D eigenvalue weighted by Gasteiger charge is -2.08. The lowest BCUT2D eigenvalue weighted by atomic mass is 10.2. The average Bonchev–Trinajstić information content (AvgIpc) is 2.45. The van der Waals surface area contributed by atoms with Gasteiger partial charge in [0.15, 0.2) is 0 Å². The molecule has 1 N–H and O–H groups in total. The molecular weight excluding hydrogens is 285 g/mol. The third-order valence-electron chi connectivity index (χ3n) is 3.10. The summed E-state index contributed by atoms with van der Waals surface area (Å²) in [5.41, 5.74) is 3.81. The number of hydrogen-bond donors (Lipinski definition) is 1. The molecule has 0 unspecified atom stereocenters. The highest BCUT2D eigenvalue weighted by Crippen LogP contribution is 2.17. The molecule has 0 heterocycles. The van der Waals surface area contributed by atoms with Crippen molar-refractivity contribution >= 4 is 23.4 Å². The number of benzene rings is 2. The van der Waals surface area contributed by atoms with Gasteiger partial charge in [0.05, 0.1) is 5.75 Å². The molecule has 2 nitrogen and oxygen atoms in total. The fourth-order valence-electron chi connectivity index (χ4n) is 1.86. The van der Waals surface area contributed by atoms with Gasteiger partial charge in [0.25, 0.3) is 0 Å². The van der Waals surface area contributed by atoms with Gasteiger partial charge >= 0.3 is 0 Å². The monoisotopic (exact) mass is 303 g/mol. The number of hydrogen-bond acceptors (Lipinski definition) is 2. The SMILES string of the molecule is Cc1ccc(CSCC(=O)Nc2cc(F)ccc2C)cc1. The highest BCUT2D eigenvalue weighted by molar-refractivity contribution is 7.99. The van der Waals surface area contributed by atoms with Crippen molar-refractivity contribution in [2.24, 2.45) is 0 Å². The molecular formula is C17H18FNOS. The Bertz CT molecular complexity index is 625. The average molecular weight is 303 g/mol. The second-order valence-corrected chi connectivity index (χ2v) is 5.97. The summed E-state index contributed by atoms with van der Waals surface area (Å²) >= 11 is 1.54. The minimum atomic E-state index is -0.344. The highest BCUT2D eigenvalue weighted by Gasteiger charge is 2.06. The van der Waals surface area contributed by atoms with E-state index in [1.54, 1.807) is 17.8 Å². The van der Waals surface area contributed by atoms with Gasteiger partial charge in [-0.1, -0.05) is 35.9 Å². The zero-order valence-electron chi connectivity index (χ0n) is 12.2. The summed E-state index contributed by atoms with van der Waals surface area (Å²) < 4.78 is 13.1. The highest BCUT2D eigenvalue weighted by atomic mass is 32.2. The molecule has 0 fully saturated rings. The molecule has 0 aromatic heterocycles. The lowest BCUT2D eigenvalue weighted by Crippen LogP contribution is -2.15. The Morgan fingerprint density at radius 2 is 1.86 bits per heavy atom. The predicted octanol–water partition coefficient (Wildman–Crippen LogP) is 4.31. The fraction of sp³-hybridized carbons (Fsp3) is 0.235. The number of nitrogens with one attached hydrogen (secondary N) is 1. The van der Waals surface area contributed by atoms with E-state index in [2.05, 4.69) is 29.6 Å². The van der Waals surface area contributed by atoms with Crippen LogP contribution >= 0.6 is 11.8 Å². The second kappa shape index (κ2) is 7.27. The lowest BCUT2D eigenvalue weighted by molar-refractivity contribution is -0.113. The standard InChI is InChI=1S/C17H18FNOS/c1-12-3-6-14(7-4-12)10-21-11-17(20)19-16-9-15(18)8-5-13(16)2/h3-9H,10-11H2,1-2H3,(H,19,20). The van der Waals surface area contributed by atoms with Gasteiger partial charge < -0.3 is 5.32 Å². The van der Waals surface area contributed by atoms with E-state index in [-0.39, 0.29) is 11.7 Å². The van der Waals surface area contributed by atoms with Crippen molar-refractivity contribution < 1.29 is 9.18 Å². The van der Waals surface area contributed by atoms with Crippen LogP contribution in [0.2, 0.25) is 0 Å². The Labute approximate surface area is 128 Å². The maximum atomic E-state index is 13.1. The number of carbonyl (C=O) groups excluding carboxylic acids is 1. The van der Waals surface area contributed by atoms with Gasteiger partial charge in [0.2, 0.25) is 5.91 Å². The first-order chi connectivity index (χ1) is 10.0. The number of halogens is 1. The van der Waals surface area contributed by atoms with Gasteiger partial charge in [0, 0.05) is 11.4 Å². The van der Waals surface area contributed by atoms with Crippen LogP contribution in [0.3, 0.4) is 0 Å². The molecule has 2 aromatic carbocycles. The van der Waals surface area contributed by atoms with E-state index in [4.69, 9.17) is 0 Å². The summed E-state index contributed by atoms with van der Waals surface area (Å²) in [6.07, 6.45) is 0. The Kier molecular flexibility index (Phi) is 5.39. The van der Waals surface area contributed by atoms with Crippen molar-refractivity contribution in [2.75, 3.05) is 11.1 Å². The Morgan fingerprint density at radius 1 is 1.14 bits per heavy atom. The van der Waals surface area contributed by atoms with Crippen molar-refractivity contribution in [3.05, 3.63) is 65.0 Å². The maximum absolute atomic E-state index is 13.1. The van der Waals surface area contributed by atoms with Crippen LogP contribution in [-0.2, 0) is 10.5 Å². The minimum Gasteiger partial charge on any atom is -0.325 e. The van der Waals surface area contributed by atoms with Crippen LogP contribution in [0.15, 0.2) is 42.5 Å². The van der Waals surface area contributed by atoms with Crippen LogP contribution < -0.4 is 5.32 Å². The van der Waals surface area contributed by atoms with Crippen LogP contribution in [0, 0.1) is 19.7 Å². The molecule has 0 aliphatic rings. The molecule has 1 amide bonds. The molecule has 0 atom stereocenters. The summed E-state index contributed by atoms with van der Waals surface area (Å²) in [7, 11) is 0. The Balaban J connectivity index is 1.82. The molecule has 110 valence electrons. The smallest absolute Gasteiger partial charge is 0.234 e. The Hall–Kier alpha value is -1.81. The molecule has 2 rings (SSSR count). The van der Waals surface area contributed by atoms with Crippen molar-refractivity contribution in [3.63, 3.8) is 0 Å². The quantitative estimate of drug-likeness (QED) is 0.891.